The van der Waals surface area contributed by atoms with Crippen molar-refractivity contribution in [1.82, 2.24) is 0 Å². The summed E-state index contributed by atoms with van der Waals surface area (Å²) in [4.78, 5) is 0. The molecule has 0 N–H and O–H groups in total. The van der Waals surface area contributed by atoms with Crippen molar-refractivity contribution in [2.75, 3.05) is 0 Å². The zero-order valence-corrected chi connectivity index (χ0v) is 9.35. The summed E-state index contributed by atoms with van der Waals surface area (Å²) in [6.45, 7) is 2.61. The lowest BCUT2D eigenvalue weighted by molar-refractivity contribution is -0.660. The Balaban J connectivity index is 2.74. The molecule has 2 aromatic rings. The van der Waals surface area contributed by atoms with Gasteiger partial charge in [-0.2, -0.15) is 4.57 Å². The van der Waals surface area contributed by atoms with E-state index in [0.717, 1.165) is 5.69 Å². The molecule has 0 saturated heterocycles. The van der Waals surface area contributed by atoms with Gasteiger partial charge in [0.25, 0.3) is 0 Å². The monoisotopic (exact) mass is 208 g/mol. The van der Waals surface area contributed by atoms with Gasteiger partial charge < -0.3 is 0 Å². The number of fused-ring (bicyclic) bond motifs is 1. The van der Waals surface area contributed by atoms with E-state index >= 15 is 0 Å². The number of pyridine rings is 1. The lowest BCUT2D eigenvalue weighted by Gasteiger charge is -2.01. The lowest BCUT2D eigenvalue weighted by atomic mass is 10.2. The van der Waals surface area contributed by atoms with Crippen LogP contribution in [0.3, 0.4) is 0 Å². The second-order valence-corrected chi connectivity index (χ2v) is 3.61. The topological polar surface area (TPSA) is 3.88 Å². The highest BCUT2D eigenvalue weighted by Gasteiger charge is 2.11. The highest BCUT2D eigenvalue weighted by Crippen LogP contribution is 2.11. The maximum Gasteiger partial charge on any atom is 0.213 e. The largest absolute Gasteiger partial charge is 0.213 e. The Hall–Kier alpha value is -2.07. The number of nitrogens with zero attached hydrogens (tertiary/aromatic N) is 1. The van der Waals surface area contributed by atoms with Crippen molar-refractivity contribution in [3.05, 3.63) is 48.2 Å². The summed E-state index contributed by atoms with van der Waals surface area (Å²) in [5.41, 5.74) is 2.32. The summed E-state index contributed by atoms with van der Waals surface area (Å²) in [7, 11) is 0. The third-order valence-electron chi connectivity index (χ3n) is 2.56. The fourth-order valence-electron chi connectivity index (χ4n) is 1.86. The Morgan fingerprint density at radius 3 is 2.81 bits per heavy atom. The molecule has 0 spiro atoms. The third kappa shape index (κ3) is 1.83. The lowest BCUT2D eigenvalue weighted by Crippen LogP contribution is -2.37. The van der Waals surface area contributed by atoms with Gasteiger partial charge in [-0.25, -0.2) is 0 Å². The molecule has 0 atom stereocenters. The number of rotatable bonds is 2. The Kier molecular flexibility index (Phi) is 3.03. The molecule has 0 unspecified atom stereocenters. The van der Waals surface area contributed by atoms with Gasteiger partial charge in [0, 0.05) is 23.6 Å². The van der Waals surface area contributed by atoms with E-state index in [-0.39, 0.29) is 0 Å². The van der Waals surface area contributed by atoms with E-state index in [9.17, 15) is 0 Å². The van der Waals surface area contributed by atoms with Crippen LogP contribution in [0.4, 0.5) is 0 Å². The predicted molar refractivity (Wildman–Crippen MR) is 67.7 cm³/mol. The molecule has 0 bridgehead atoms. The number of hydrogen-bond acceptors (Lipinski definition) is 0. The summed E-state index contributed by atoms with van der Waals surface area (Å²) in [5, 5.41) is 1.21. The molecule has 1 heterocycles. The van der Waals surface area contributed by atoms with E-state index < -0.39 is 0 Å². The molecule has 0 aliphatic rings. The average molecular weight is 208 g/mol. The first-order chi connectivity index (χ1) is 7.86. The second-order valence-electron chi connectivity index (χ2n) is 3.61. The summed E-state index contributed by atoms with van der Waals surface area (Å²) < 4.78 is 2.15. The van der Waals surface area contributed by atoms with Crippen LogP contribution in [0.5, 0.6) is 0 Å². The average Bonchev–Trinajstić information content (AvgIpc) is 2.32. The number of terminal acetylenes is 1. The van der Waals surface area contributed by atoms with E-state index in [0.29, 0.717) is 6.54 Å². The molecule has 16 heavy (non-hydrogen) atoms. The van der Waals surface area contributed by atoms with Crippen LogP contribution in [0.15, 0.2) is 42.5 Å². The van der Waals surface area contributed by atoms with Gasteiger partial charge in [-0.15, -0.1) is 6.42 Å². The smallest absolute Gasteiger partial charge is 0.180 e. The van der Waals surface area contributed by atoms with Crippen molar-refractivity contribution in [1.29, 1.82) is 0 Å². The van der Waals surface area contributed by atoms with Crippen molar-refractivity contribution in [2.24, 2.45) is 0 Å². The molecular weight excluding hydrogens is 194 g/mol. The fourth-order valence-corrected chi connectivity index (χ4v) is 1.86. The number of benzene rings is 1. The Labute approximate surface area is 96.0 Å². The molecule has 0 amide bonds. The molecule has 2 rings (SSSR count). The number of hydrogen-bond donors (Lipinski definition) is 0. The quantitative estimate of drug-likeness (QED) is 0.528. The molecular formula is C15H14N+. The SMILES string of the molecule is C#CC[n+]1c(/C=C\C)ccc2ccccc21. The molecule has 0 aliphatic heterocycles. The van der Waals surface area contributed by atoms with Gasteiger partial charge in [-0.3, -0.25) is 0 Å². The highest BCUT2D eigenvalue weighted by molar-refractivity contribution is 5.76. The minimum atomic E-state index is 0.598. The van der Waals surface area contributed by atoms with E-state index in [1.807, 2.05) is 25.1 Å². The number of allylic oxidation sites excluding steroid dienone is 1. The summed E-state index contributed by atoms with van der Waals surface area (Å²) >= 11 is 0. The Bertz CT molecular complexity index is 573. The third-order valence-corrected chi connectivity index (χ3v) is 2.56. The first kappa shape index (κ1) is 10.4. The molecule has 0 aliphatic carbocycles. The zero-order chi connectivity index (χ0) is 11.4. The summed E-state index contributed by atoms with van der Waals surface area (Å²) in [6, 6.07) is 12.5. The van der Waals surface area contributed by atoms with E-state index in [2.05, 4.69) is 40.8 Å². The van der Waals surface area contributed by atoms with Gasteiger partial charge in [-0.1, -0.05) is 18.2 Å². The maximum absolute atomic E-state index is 5.42. The number of para-hydroxylation sites is 1. The first-order valence-corrected chi connectivity index (χ1v) is 5.34. The second kappa shape index (κ2) is 4.63. The van der Waals surface area contributed by atoms with Gasteiger partial charge >= 0.3 is 0 Å². The minimum absolute atomic E-state index is 0.598. The summed E-state index contributed by atoms with van der Waals surface area (Å²) in [6.07, 6.45) is 9.52. The van der Waals surface area contributed by atoms with Crippen molar-refractivity contribution in [3.63, 3.8) is 0 Å². The molecule has 1 heteroatoms. The van der Waals surface area contributed by atoms with Crippen LogP contribution in [-0.4, -0.2) is 0 Å². The molecule has 1 aromatic heterocycles. The minimum Gasteiger partial charge on any atom is -0.180 e. The van der Waals surface area contributed by atoms with Crippen LogP contribution in [0, 0.1) is 12.3 Å². The van der Waals surface area contributed by atoms with Crippen LogP contribution in [0.2, 0.25) is 0 Å². The van der Waals surface area contributed by atoms with Crippen molar-refractivity contribution < 1.29 is 4.57 Å². The van der Waals surface area contributed by atoms with Gasteiger partial charge in [0.15, 0.2) is 0 Å². The molecule has 0 saturated carbocycles. The van der Waals surface area contributed by atoms with Crippen LogP contribution < -0.4 is 4.57 Å². The van der Waals surface area contributed by atoms with Gasteiger partial charge in [-0.05, 0) is 25.0 Å². The van der Waals surface area contributed by atoms with Crippen molar-refractivity contribution in [2.45, 2.75) is 13.5 Å². The zero-order valence-electron chi connectivity index (χ0n) is 9.35. The number of aromatic nitrogens is 1. The molecule has 0 fully saturated rings. The summed E-state index contributed by atoms with van der Waals surface area (Å²) in [5.74, 6) is 2.70. The predicted octanol–water partition coefficient (Wildman–Crippen LogP) is 2.79. The molecule has 1 aromatic carbocycles. The van der Waals surface area contributed by atoms with Crippen molar-refractivity contribution >= 4 is 17.0 Å². The highest BCUT2D eigenvalue weighted by atomic mass is 15.0. The molecule has 1 nitrogen and oxygen atoms in total. The fraction of sp³-hybridized carbons (Fsp3) is 0.133. The van der Waals surface area contributed by atoms with Crippen LogP contribution in [0.1, 0.15) is 12.6 Å². The van der Waals surface area contributed by atoms with Gasteiger partial charge in [0.05, 0.1) is 0 Å². The first-order valence-electron chi connectivity index (χ1n) is 5.34. The molecule has 78 valence electrons. The normalized spacial score (nSPS) is 10.8. The van der Waals surface area contributed by atoms with E-state index in [1.54, 1.807) is 0 Å². The maximum atomic E-state index is 5.42. The molecule has 0 radical (unpaired) electrons. The van der Waals surface area contributed by atoms with E-state index in [1.165, 1.54) is 10.9 Å². The Morgan fingerprint density at radius 2 is 2.06 bits per heavy atom. The van der Waals surface area contributed by atoms with Crippen molar-refractivity contribution in [3.8, 4) is 12.3 Å². The van der Waals surface area contributed by atoms with E-state index in [4.69, 9.17) is 6.42 Å². The van der Waals surface area contributed by atoms with Gasteiger partial charge in [0.1, 0.15) is 0 Å². The Morgan fingerprint density at radius 1 is 1.25 bits per heavy atom. The van der Waals surface area contributed by atoms with Gasteiger partial charge in [0.2, 0.25) is 17.8 Å². The van der Waals surface area contributed by atoms with Crippen LogP contribution in [-0.2, 0) is 6.54 Å². The van der Waals surface area contributed by atoms with Crippen LogP contribution in [0.25, 0.3) is 17.0 Å². The standard InChI is InChI=1S/C15H14N/c1-3-7-14-11-10-13-8-5-6-9-15(13)16(14)12-4-2/h2-3,5-11H,12H2,1H3/q+1/b7-3-. The van der Waals surface area contributed by atoms with Crippen LogP contribution >= 0.6 is 0 Å².